The number of ether oxygens (including phenoxy) is 2. The molecule has 0 aliphatic carbocycles. The average Bonchev–Trinajstić information content (AvgIpc) is 2.52. The molecule has 0 saturated carbocycles. The SMILES string of the molecule is CC(C)(C)OC(=O)NCCC(=O)OCC(=O)Nc1ccc(C#N)cc1. The molecule has 1 rings (SSSR count). The zero-order chi connectivity index (χ0) is 18.9. The predicted molar refractivity (Wildman–Crippen MR) is 89.6 cm³/mol. The molecule has 0 aromatic heterocycles. The molecule has 0 fully saturated rings. The van der Waals surface area contributed by atoms with Gasteiger partial charge in [0.2, 0.25) is 0 Å². The molecule has 0 spiro atoms. The van der Waals surface area contributed by atoms with Crippen LogP contribution in [0.15, 0.2) is 24.3 Å². The molecule has 2 amide bonds. The van der Waals surface area contributed by atoms with Gasteiger partial charge in [0.25, 0.3) is 5.91 Å². The minimum atomic E-state index is -0.626. The summed E-state index contributed by atoms with van der Waals surface area (Å²) in [5.74, 6) is -1.12. The molecule has 25 heavy (non-hydrogen) atoms. The Kier molecular flexibility index (Phi) is 7.41. The first kappa shape index (κ1) is 20.0. The highest BCUT2D eigenvalue weighted by atomic mass is 16.6. The first-order valence-corrected chi connectivity index (χ1v) is 7.62. The Labute approximate surface area is 146 Å². The van der Waals surface area contributed by atoms with E-state index in [0.717, 1.165) is 0 Å². The van der Waals surface area contributed by atoms with Crippen molar-refractivity contribution in [1.29, 1.82) is 5.26 Å². The number of alkyl carbamates (subject to hydrolysis) is 1. The fraction of sp³-hybridized carbons (Fsp3) is 0.412. The second-order valence-electron chi connectivity index (χ2n) is 6.08. The van der Waals surface area contributed by atoms with Crippen molar-refractivity contribution in [2.24, 2.45) is 0 Å². The van der Waals surface area contributed by atoms with Crippen LogP contribution in [0.4, 0.5) is 10.5 Å². The van der Waals surface area contributed by atoms with Gasteiger partial charge >= 0.3 is 12.1 Å². The minimum Gasteiger partial charge on any atom is -0.456 e. The van der Waals surface area contributed by atoms with Gasteiger partial charge in [0, 0.05) is 12.2 Å². The Morgan fingerprint density at radius 2 is 1.80 bits per heavy atom. The number of hydrogen-bond donors (Lipinski definition) is 2. The topological polar surface area (TPSA) is 118 Å². The van der Waals surface area contributed by atoms with Crippen LogP contribution in [0.2, 0.25) is 0 Å². The van der Waals surface area contributed by atoms with Crippen LogP contribution in [0.5, 0.6) is 0 Å². The number of benzene rings is 1. The maximum atomic E-state index is 11.7. The maximum Gasteiger partial charge on any atom is 0.407 e. The zero-order valence-electron chi connectivity index (χ0n) is 14.4. The number of hydrogen-bond acceptors (Lipinski definition) is 6. The van der Waals surface area contributed by atoms with E-state index >= 15 is 0 Å². The fourth-order valence-electron chi connectivity index (χ4n) is 1.62. The molecule has 0 aliphatic rings. The summed E-state index contributed by atoms with van der Waals surface area (Å²) in [4.78, 5) is 34.6. The molecule has 8 nitrogen and oxygen atoms in total. The number of amides is 2. The lowest BCUT2D eigenvalue weighted by atomic mass is 10.2. The summed E-state index contributed by atoms with van der Waals surface area (Å²) in [6.07, 6.45) is -0.706. The third-order valence-electron chi connectivity index (χ3n) is 2.66. The van der Waals surface area contributed by atoms with E-state index in [1.807, 2.05) is 6.07 Å². The molecular weight excluding hydrogens is 326 g/mol. The molecular formula is C17H21N3O5. The summed E-state index contributed by atoms with van der Waals surface area (Å²) in [6.45, 7) is 4.80. The van der Waals surface area contributed by atoms with Gasteiger partial charge in [0.15, 0.2) is 6.61 Å². The van der Waals surface area contributed by atoms with Crippen molar-refractivity contribution in [1.82, 2.24) is 5.32 Å². The molecule has 8 heteroatoms. The van der Waals surface area contributed by atoms with Crippen molar-refractivity contribution in [3.05, 3.63) is 29.8 Å². The molecule has 1 aromatic rings. The summed E-state index contributed by atoms with van der Waals surface area (Å²) < 4.78 is 9.82. The smallest absolute Gasteiger partial charge is 0.407 e. The lowest BCUT2D eigenvalue weighted by Gasteiger charge is -2.19. The van der Waals surface area contributed by atoms with Crippen molar-refractivity contribution in [3.63, 3.8) is 0 Å². The lowest BCUT2D eigenvalue weighted by Crippen LogP contribution is -2.34. The number of rotatable bonds is 6. The van der Waals surface area contributed by atoms with Crippen LogP contribution in [-0.4, -0.2) is 36.7 Å². The first-order valence-electron chi connectivity index (χ1n) is 7.62. The highest BCUT2D eigenvalue weighted by molar-refractivity contribution is 5.92. The molecule has 0 heterocycles. The van der Waals surface area contributed by atoms with Gasteiger partial charge in [0.1, 0.15) is 5.60 Å². The van der Waals surface area contributed by atoms with E-state index in [2.05, 4.69) is 10.6 Å². The van der Waals surface area contributed by atoms with Gasteiger partial charge in [-0.05, 0) is 45.0 Å². The highest BCUT2D eigenvalue weighted by Crippen LogP contribution is 2.08. The maximum absolute atomic E-state index is 11.7. The van der Waals surface area contributed by atoms with Crippen LogP contribution >= 0.6 is 0 Å². The summed E-state index contributed by atoms with van der Waals surface area (Å²) in [5, 5.41) is 13.6. The van der Waals surface area contributed by atoms with Crippen molar-refractivity contribution < 1.29 is 23.9 Å². The van der Waals surface area contributed by atoms with Crippen LogP contribution in [0.1, 0.15) is 32.8 Å². The third kappa shape index (κ3) is 8.95. The predicted octanol–water partition coefficient (Wildman–Crippen LogP) is 1.95. The number of nitrogens with one attached hydrogen (secondary N) is 2. The van der Waals surface area contributed by atoms with Crippen LogP contribution in [0, 0.1) is 11.3 Å². The third-order valence-corrected chi connectivity index (χ3v) is 2.66. The number of anilines is 1. The van der Waals surface area contributed by atoms with Gasteiger partial charge < -0.3 is 20.1 Å². The van der Waals surface area contributed by atoms with Gasteiger partial charge in [-0.2, -0.15) is 5.26 Å². The molecule has 0 aliphatic heterocycles. The van der Waals surface area contributed by atoms with Gasteiger partial charge in [-0.25, -0.2) is 4.79 Å². The monoisotopic (exact) mass is 347 g/mol. The van der Waals surface area contributed by atoms with Crippen molar-refractivity contribution >= 4 is 23.7 Å². The highest BCUT2D eigenvalue weighted by Gasteiger charge is 2.16. The second kappa shape index (κ2) is 9.27. The summed E-state index contributed by atoms with van der Waals surface area (Å²) in [5.41, 5.74) is 0.349. The van der Waals surface area contributed by atoms with E-state index in [1.165, 1.54) is 0 Å². The summed E-state index contributed by atoms with van der Waals surface area (Å²) in [6, 6.07) is 8.23. The fourth-order valence-corrected chi connectivity index (χ4v) is 1.62. The summed E-state index contributed by atoms with van der Waals surface area (Å²) >= 11 is 0. The molecule has 0 atom stereocenters. The van der Waals surface area contributed by atoms with Crippen molar-refractivity contribution in [2.45, 2.75) is 32.8 Å². The van der Waals surface area contributed by atoms with Crippen LogP contribution in [0.3, 0.4) is 0 Å². The van der Waals surface area contributed by atoms with Crippen LogP contribution < -0.4 is 10.6 Å². The van der Waals surface area contributed by atoms with E-state index < -0.39 is 30.2 Å². The van der Waals surface area contributed by atoms with Gasteiger partial charge in [-0.15, -0.1) is 0 Å². The number of nitriles is 1. The Hall–Kier alpha value is -3.08. The van der Waals surface area contributed by atoms with Crippen molar-refractivity contribution in [2.75, 3.05) is 18.5 Å². The largest absolute Gasteiger partial charge is 0.456 e. The second-order valence-corrected chi connectivity index (χ2v) is 6.08. The van der Waals surface area contributed by atoms with Gasteiger partial charge in [-0.1, -0.05) is 0 Å². The Bertz CT molecular complexity index is 656. The Balaban J connectivity index is 2.23. The number of esters is 1. The van der Waals surface area contributed by atoms with E-state index in [-0.39, 0.29) is 13.0 Å². The Morgan fingerprint density at radius 3 is 2.36 bits per heavy atom. The van der Waals surface area contributed by atoms with Crippen LogP contribution in [-0.2, 0) is 19.1 Å². The minimum absolute atomic E-state index is 0.0466. The quantitative estimate of drug-likeness (QED) is 0.760. The molecule has 2 N–H and O–H groups in total. The number of carbonyl (C=O) groups excluding carboxylic acids is 3. The van der Waals surface area contributed by atoms with E-state index in [0.29, 0.717) is 11.3 Å². The normalized spacial score (nSPS) is 10.3. The first-order chi connectivity index (χ1) is 11.7. The molecule has 0 unspecified atom stereocenters. The molecule has 0 saturated heterocycles. The van der Waals surface area contributed by atoms with E-state index in [4.69, 9.17) is 14.7 Å². The van der Waals surface area contributed by atoms with Crippen molar-refractivity contribution in [3.8, 4) is 6.07 Å². The zero-order valence-corrected chi connectivity index (χ0v) is 14.4. The van der Waals surface area contributed by atoms with E-state index in [9.17, 15) is 14.4 Å². The average molecular weight is 347 g/mol. The van der Waals surface area contributed by atoms with Gasteiger partial charge in [-0.3, -0.25) is 9.59 Å². The van der Waals surface area contributed by atoms with Gasteiger partial charge in [0.05, 0.1) is 18.1 Å². The number of nitrogens with zero attached hydrogens (tertiary/aromatic N) is 1. The molecule has 134 valence electrons. The standard InChI is InChI=1S/C17H21N3O5/c1-17(2,3)25-16(23)19-9-8-15(22)24-11-14(21)20-13-6-4-12(10-18)5-7-13/h4-7H,8-9,11H2,1-3H3,(H,19,23)(H,20,21). The molecule has 0 radical (unpaired) electrons. The number of carbonyl (C=O) groups is 3. The van der Waals surface area contributed by atoms with Crippen LogP contribution in [0.25, 0.3) is 0 Å². The molecule has 0 bridgehead atoms. The molecule has 1 aromatic carbocycles. The van der Waals surface area contributed by atoms with E-state index in [1.54, 1.807) is 45.0 Å². The lowest BCUT2D eigenvalue weighted by molar-refractivity contribution is -0.147. The summed E-state index contributed by atoms with van der Waals surface area (Å²) in [7, 11) is 0. The Morgan fingerprint density at radius 1 is 1.16 bits per heavy atom.